The summed E-state index contributed by atoms with van der Waals surface area (Å²) in [6.07, 6.45) is 0. The molecule has 0 rings (SSSR count). The van der Waals surface area contributed by atoms with Crippen LogP contribution in [0, 0.1) is 0 Å². The summed E-state index contributed by atoms with van der Waals surface area (Å²) in [7, 11) is 8.31. The van der Waals surface area contributed by atoms with Gasteiger partial charge in [-0.05, 0) is 0 Å². The molecule has 0 aliphatic heterocycles. The van der Waals surface area contributed by atoms with E-state index in [1.807, 2.05) is 0 Å². The zero-order valence-corrected chi connectivity index (χ0v) is 9.91. The molecule has 4 heteroatoms. The van der Waals surface area contributed by atoms with Gasteiger partial charge in [-0.25, -0.2) is 20.0 Å². The van der Waals surface area contributed by atoms with Crippen molar-refractivity contribution in [2.45, 2.75) is 13.8 Å². The minimum Gasteiger partial charge on any atom is -0.247 e. The maximum atomic E-state index is 2.28. The SMILES string of the molecule is CCN(CN(CC)N(C)C)N(C)C. The zero-order chi connectivity index (χ0) is 10.4. The smallest absolute Gasteiger partial charge is 0.0785 e. The summed E-state index contributed by atoms with van der Waals surface area (Å²) in [5.74, 6) is 0. The molecule has 13 heavy (non-hydrogen) atoms. The van der Waals surface area contributed by atoms with Gasteiger partial charge in [-0.15, -0.1) is 0 Å². The lowest BCUT2D eigenvalue weighted by Crippen LogP contribution is -2.49. The minimum atomic E-state index is 0.951. The summed E-state index contributed by atoms with van der Waals surface area (Å²) in [4.78, 5) is 0. The quantitative estimate of drug-likeness (QED) is 0.445. The Balaban J connectivity index is 4.03. The van der Waals surface area contributed by atoms with Crippen LogP contribution in [0.5, 0.6) is 0 Å². The molecule has 0 saturated heterocycles. The van der Waals surface area contributed by atoms with E-state index in [1.54, 1.807) is 0 Å². The highest BCUT2D eigenvalue weighted by Crippen LogP contribution is 1.97. The van der Waals surface area contributed by atoms with Gasteiger partial charge < -0.3 is 0 Å². The molecule has 0 aliphatic rings. The second-order valence-electron chi connectivity index (χ2n) is 3.48. The van der Waals surface area contributed by atoms with Gasteiger partial charge in [-0.1, -0.05) is 13.8 Å². The maximum absolute atomic E-state index is 2.28. The predicted molar refractivity (Wildman–Crippen MR) is 57.0 cm³/mol. The molecule has 0 spiro atoms. The van der Waals surface area contributed by atoms with Crippen molar-refractivity contribution < 1.29 is 0 Å². The van der Waals surface area contributed by atoms with Gasteiger partial charge >= 0.3 is 0 Å². The van der Waals surface area contributed by atoms with Gasteiger partial charge in [0.2, 0.25) is 0 Å². The van der Waals surface area contributed by atoms with Gasteiger partial charge in [0.1, 0.15) is 0 Å². The standard InChI is InChI=1S/C9H24N4/c1-7-12(10(3)4)9-13(8-2)11(5)6/h7-9H2,1-6H3. The lowest BCUT2D eigenvalue weighted by molar-refractivity contribution is -0.0877. The topological polar surface area (TPSA) is 13.0 Å². The number of hydrazine groups is 2. The Morgan fingerprint density at radius 2 is 1.00 bits per heavy atom. The van der Waals surface area contributed by atoms with E-state index in [1.165, 1.54) is 0 Å². The first kappa shape index (κ1) is 12.8. The summed E-state index contributed by atoms with van der Waals surface area (Å²) >= 11 is 0. The zero-order valence-electron chi connectivity index (χ0n) is 9.91. The second kappa shape index (κ2) is 6.32. The maximum Gasteiger partial charge on any atom is 0.0785 e. The van der Waals surface area contributed by atoms with E-state index >= 15 is 0 Å². The number of nitrogens with zero attached hydrogens (tertiary/aromatic N) is 4. The molecule has 0 N–H and O–H groups in total. The molecule has 0 aliphatic carbocycles. The van der Waals surface area contributed by atoms with Gasteiger partial charge in [-0.2, -0.15) is 0 Å². The fraction of sp³-hybridized carbons (Fsp3) is 1.00. The molecular weight excluding hydrogens is 164 g/mol. The van der Waals surface area contributed by atoms with E-state index in [9.17, 15) is 0 Å². The third kappa shape index (κ3) is 4.57. The number of hydrogen-bond acceptors (Lipinski definition) is 4. The van der Waals surface area contributed by atoms with Crippen LogP contribution in [0.1, 0.15) is 13.8 Å². The summed E-state index contributed by atoms with van der Waals surface area (Å²) in [5.41, 5.74) is 0. The van der Waals surface area contributed by atoms with Crippen molar-refractivity contribution in [1.29, 1.82) is 0 Å². The minimum absolute atomic E-state index is 0.951. The highest BCUT2D eigenvalue weighted by Gasteiger charge is 2.11. The third-order valence-electron chi connectivity index (χ3n) is 2.19. The molecule has 0 atom stereocenters. The Morgan fingerprint density at radius 3 is 1.15 bits per heavy atom. The Bertz CT molecular complexity index is 111. The van der Waals surface area contributed by atoms with Crippen molar-refractivity contribution in [3.8, 4) is 0 Å². The summed E-state index contributed by atoms with van der Waals surface area (Å²) in [6.45, 7) is 7.37. The Hall–Kier alpha value is -0.160. The van der Waals surface area contributed by atoms with E-state index < -0.39 is 0 Å². The first-order valence-electron chi connectivity index (χ1n) is 4.87. The van der Waals surface area contributed by atoms with Gasteiger partial charge in [0.25, 0.3) is 0 Å². The summed E-state index contributed by atoms with van der Waals surface area (Å²) < 4.78 is 0. The van der Waals surface area contributed by atoms with Crippen molar-refractivity contribution in [2.75, 3.05) is 47.9 Å². The predicted octanol–water partition coefficient (Wildman–Crippen LogP) is 0.541. The lowest BCUT2D eigenvalue weighted by atomic mass is 10.6. The average molecular weight is 188 g/mol. The van der Waals surface area contributed by atoms with E-state index in [-0.39, 0.29) is 0 Å². The molecule has 0 saturated carbocycles. The molecule has 4 nitrogen and oxygen atoms in total. The molecule has 0 bridgehead atoms. The fourth-order valence-electron chi connectivity index (χ4n) is 1.21. The number of hydrogen-bond donors (Lipinski definition) is 0. The molecule has 0 radical (unpaired) electrons. The van der Waals surface area contributed by atoms with Crippen molar-refractivity contribution in [1.82, 2.24) is 20.0 Å². The molecule has 0 aromatic carbocycles. The monoisotopic (exact) mass is 188 g/mol. The van der Waals surface area contributed by atoms with E-state index in [4.69, 9.17) is 0 Å². The molecule has 0 fully saturated rings. The van der Waals surface area contributed by atoms with Gasteiger partial charge in [0, 0.05) is 41.3 Å². The second-order valence-corrected chi connectivity index (χ2v) is 3.48. The first-order chi connectivity index (χ1) is 6.02. The molecule has 0 amide bonds. The third-order valence-corrected chi connectivity index (χ3v) is 2.19. The Morgan fingerprint density at radius 1 is 0.692 bits per heavy atom. The van der Waals surface area contributed by atoms with E-state index in [2.05, 4.69) is 62.1 Å². The van der Waals surface area contributed by atoms with Crippen LogP contribution in [-0.2, 0) is 0 Å². The molecule has 0 aromatic rings. The van der Waals surface area contributed by atoms with Crippen LogP contribution >= 0.6 is 0 Å². The first-order valence-corrected chi connectivity index (χ1v) is 4.87. The van der Waals surface area contributed by atoms with Crippen molar-refractivity contribution in [3.05, 3.63) is 0 Å². The van der Waals surface area contributed by atoms with Crippen LogP contribution in [-0.4, -0.2) is 68.0 Å². The molecule has 0 unspecified atom stereocenters. The highest BCUT2D eigenvalue weighted by molar-refractivity contribution is 4.49. The molecule has 0 heterocycles. The van der Waals surface area contributed by atoms with Crippen LogP contribution in [0.15, 0.2) is 0 Å². The Labute approximate surface area is 82.6 Å². The van der Waals surface area contributed by atoms with Gasteiger partial charge in [0.15, 0.2) is 0 Å². The molecule has 80 valence electrons. The van der Waals surface area contributed by atoms with Crippen molar-refractivity contribution >= 4 is 0 Å². The largest absolute Gasteiger partial charge is 0.247 e. The Kier molecular flexibility index (Phi) is 6.24. The fourth-order valence-corrected chi connectivity index (χ4v) is 1.21. The van der Waals surface area contributed by atoms with Crippen molar-refractivity contribution in [3.63, 3.8) is 0 Å². The molecule has 0 aromatic heterocycles. The normalized spacial score (nSPS) is 12.5. The average Bonchev–Trinajstić information content (AvgIpc) is 2.05. The van der Waals surface area contributed by atoms with Gasteiger partial charge in [-0.3, -0.25) is 0 Å². The van der Waals surface area contributed by atoms with Crippen LogP contribution in [0.2, 0.25) is 0 Å². The summed E-state index contributed by atoms with van der Waals surface area (Å²) in [6, 6.07) is 0. The van der Waals surface area contributed by atoms with Crippen LogP contribution in [0.4, 0.5) is 0 Å². The van der Waals surface area contributed by atoms with Gasteiger partial charge in [0.05, 0.1) is 6.67 Å². The lowest BCUT2D eigenvalue weighted by Gasteiger charge is -2.36. The summed E-state index contributed by atoms with van der Waals surface area (Å²) in [5, 5.41) is 8.82. The van der Waals surface area contributed by atoms with Crippen LogP contribution in [0.3, 0.4) is 0 Å². The van der Waals surface area contributed by atoms with E-state index in [0.717, 1.165) is 19.8 Å². The molecular formula is C9H24N4. The van der Waals surface area contributed by atoms with Crippen LogP contribution < -0.4 is 0 Å². The number of rotatable bonds is 6. The van der Waals surface area contributed by atoms with E-state index in [0.29, 0.717) is 0 Å². The van der Waals surface area contributed by atoms with Crippen molar-refractivity contribution in [2.24, 2.45) is 0 Å². The highest BCUT2D eigenvalue weighted by atomic mass is 15.7. The van der Waals surface area contributed by atoms with Crippen LogP contribution in [0.25, 0.3) is 0 Å².